The van der Waals surface area contributed by atoms with Gasteiger partial charge >= 0.3 is 5.97 Å². The number of rotatable bonds is 5. The zero-order valence-electron chi connectivity index (χ0n) is 11.0. The predicted octanol–water partition coefficient (Wildman–Crippen LogP) is 2.07. The molecule has 7 nitrogen and oxygen atoms in total. The highest BCUT2D eigenvalue weighted by molar-refractivity contribution is 5.98. The first-order chi connectivity index (χ1) is 9.53. The van der Waals surface area contributed by atoms with Crippen molar-refractivity contribution >= 4 is 17.7 Å². The number of non-ortho nitro benzene ring substituents is 1. The van der Waals surface area contributed by atoms with E-state index < -0.39 is 10.9 Å². The summed E-state index contributed by atoms with van der Waals surface area (Å²) in [4.78, 5) is 21.7. The van der Waals surface area contributed by atoms with Crippen LogP contribution < -0.4 is 4.74 Å². The van der Waals surface area contributed by atoms with Gasteiger partial charge in [0.2, 0.25) is 0 Å². The first-order valence-electron chi connectivity index (χ1n) is 5.64. The molecule has 1 aromatic rings. The van der Waals surface area contributed by atoms with Gasteiger partial charge in [-0.05, 0) is 19.1 Å². The average Bonchev–Trinajstić information content (AvgIpc) is 2.44. The molecule has 0 aliphatic heterocycles. The van der Waals surface area contributed by atoms with Gasteiger partial charge in [0.25, 0.3) is 5.69 Å². The van der Waals surface area contributed by atoms with Crippen LogP contribution in [0.5, 0.6) is 5.75 Å². The number of carbonyl (C=O) groups excluding carboxylic acids is 1. The Balaban J connectivity index is 3.29. The monoisotopic (exact) mass is 276 g/mol. The van der Waals surface area contributed by atoms with Crippen LogP contribution >= 0.6 is 0 Å². The van der Waals surface area contributed by atoms with Crippen molar-refractivity contribution in [2.24, 2.45) is 0 Å². The summed E-state index contributed by atoms with van der Waals surface area (Å²) in [7, 11) is 1.38. The molecule has 0 bridgehead atoms. The average molecular weight is 276 g/mol. The number of hydrogen-bond donors (Lipinski definition) is 0. The second-order valence-corrected chi connectivity index (χ2v) is 3.57. The Hall–Kier alpha value is -2.88. The lowest BCUT2D eigenvalue weighted by molar-refractivity contribution is -0.384. The number of esters is 1. The van der Waals surface area contributed by atoms with Gasteiger partial charge in [-0.15, -0.1) is 0 Å². The van der Waals surface area contributed by atoms with E-state index in [-0.39, 0.29) is 23.4 Å². The molecule has 1 rings (SSSR count). The maximum Gasteiger partial charge on any atom is 0.348 e. The summed E-state index contributed by atoms with van der Waals surface area (Å²) in [6.07, 6.45) is 1.20. The highest BCUT2D eigenvalue weighted by atomic mass is 16.6. The summed E-state index contributed by atoms with van der Waals surface area (Å²) in [5, 5.41) is 19.7. The van der Waals surface area contributed by atoms with Crippen LogP contribution in [-0.4, -0.2) is 24.6 Å². The van der Waals surface area contributed by atoms with Crippen molar-refractivity contribution in [3.63, 3.8) is 0 Å². The number of ether oxygens (including phenoxy) is 2. The third-order valence-electron chi connectivity index (χ3n) is 2.34. The topological polar surface area (TPSA) is 102 Å². The molecule has 0 aliphatic rings. The number of methoxy groups -OCH3 is 1. The van der Waals surface area contributed by atoms with Crippen molar-refractivity contribution in [2.75, 3.05) is 13.7 Å². The van der Waals surface area contributed by atoms with Gasteiger partial charge in [0.05, 0.1) is 18.6 Å². The molecular weight excluding hydrogens is 264 g/mol. The maximum atomic E-state index is 11.5. The number of benzene rings is 1. The Kier molecular flexibility index (Phi) is 5.23. The Morgan fingerprint density at radius 1 is 1.55 bits per heavy atom. The molecule has 7 heteroatoms. The highest BCUT2D eigenvalue weighted by Crippen LogP contribution is 2.26. The third-order valence-corrected chi connectivity index (χ3v) is 2.34. The largest absolute Gasteiger partial charge is 0.496 e. The summed E-state index contributed by atoms with van der Waals surface area (Å²) < 4.78 is 9.75. The van der Waals surface area contributed by atoms with E-state index in [1.807, 2.05) is 0 Å². The van der Waals surface area contributed by atoms with Crippen LogP contribution in [-0.2, 0) is 9.53 Å². The molecule has 0 amide bonds. The fourth-order valence-electron chi connectivity index (χ4n) is 1.45. The fraction of sp³-hybridized carbons (Fsp3) is 0.231. The summed E-state index contributed by atoms with van der Waals surface area (Å²) in [5.74, 6) is -0.476. The van der Waals surface area contributed by atoms with Crippen LogP contribution in [0, 0.1) is 21.4 Å². The van der Waals surface area contributed by atoms with E-state index in [1.165, 1.54) is 31.4 Å². The SMILES string of the molecule is CCOC(=O)/C(C#N)=C/c1cc([N+](=O)[O-])ccc1OC. The van der Waals surface area contributed by atoms with Crippen molar-refractivity contribution < 1.29 is 19.2 Å². The molecule has 0 atom stereocenters. The Bertz CT molecular complexity index is 601. The van der Waals surface area contributed by atoms with E-state index in [9.17, 15) is 14.9 Å². The van der Waals surface area contributed by atoms with E-state index in [0.717, 1.165) is 0 Å². The van der Waals surface area contributed by atoms with Gasteiger partial charge in [0.1, 0.15) is 17.4 Å². The zero-order valence-corrected chi connectivity index (χ0v) is 11.0. The molecule has 0 N–H and O–H groups in total. The number of nitriles is 1. The van der Waals surface area contributed by atoms with E-state index in [4.69, 9.17) is 14.7 Å². The van der Waals surface area contributed by atoms with Gasteiger partial charge in [-0.2, -0.15) is 5.26 Å². The Morgan fingerprint density at radius 2 is 2.25 bits per heavy atom. The number of nitrogens with zero attached hydrogens (tertiary/aromatic N) is 2. The molecular formula is C13H12N2O5. The fourth-order valence-corrected chi connectivity index (χ4v) is 1.45. The molecule has 0 spiro atoms. The van der Waals surface area contributed by atoms with Gasteiger partial charge in [0, 0.05) is 17.7 Å². The molecule has 0 aromatic heterocycles. The minimum Gasteiger partial charge on any atom is -0.496 e. The molecule has 0 saturated heterocycles. The highest BCUT2D eigenvalue weighted by Gasteiger charge is 2.14. The molecule has 20 heavy (non-hydrogen) atoms. The molecule has 1 aromatic carbocycles. The number of nitro benzene ring substituents is 1. The van der Waals surface area contributed by atoms with E-state index >= 15 is 0 Å². The van der Waals surface area contributed by atoms with Crippen molar-refractivity contribution in [1.82, 2.24) is 0 Å². The lowest BCUT2D eigenvalue weighted by atomic mass is 10.1. The van der Waals surface area contributed by atoms with Crippen LogP contribution in [0.2, 0.25) is 0 Å². The quantitative estimate of drug-likeness (QED) is 0.268. The standard InChI is InChI=1S/C13H12N2O5/c1-3-20-13(16)10(8-14)6-9-7-11(15(17)18)4-5-12(9)19-2/h4-7H,3H2,1-2H3/b10-6+. The molecule has 0 fully saturated rings. The first kappa shape index (κ1) is 15.2. The molecule has 0 heterocycles. The van der Waals surface area contributed by atoms with Crippen LogP contribution in [0.4, 0.5) is 5.69 Å². The van der Waals surface area contributed by atoms with Gasteiger partial charge in [-0.3, -0.25) is 10.1 Å². The lowest BCUT2D eigenvalue weighted by Gasteiger charge is -2.05. The summed E-state index contributed by atoms with van der Waals surface area (Å²) >= 11 is 0. The van der Waals surface area contributed by atoms with Crippen molar-refractivity contribution in [2.45, 2.75) is 6.92 Å². The number of carbonyl (C=O) groups is 1. The summed E-state index contributed by atoms with van der Waals surface area (Å²) in [6.45, 7) is 1.74. The maximum absolute atomic E-state index is 11.5. The molecule has 104 valence electrons. The van der Waals surface area contributed by atoms with Gasteiger partial charge in [-0.1, -0.05) is 0 Å². The van der Waals surface area contributed by atoms with Crippen LogP contribution in [0.15, 0.2) is 23.8 Å². The van der Waals surface area contributed by atoms with Gasteiger partial charge in [0.15, 0.2) is 0 Å². The minimum atomic E-state index is -0.788. The van der Waals surface area contributed by atoms with Crippen molar-refractivity contribution in [3.05, 3.63) is 39.4 Å². The van der Waals surface area contributed by atoms with E-state index in [1.54, 1.807) is 13.0 Å². The summed E-state index contributed by atoms with van der Waals surface area (Å²) in [6, 6.07) is 5.58. The van der Waals surface area contributed by atoms with Gasteiger partial charge in [-0.25, -0.2) is 4.79 Å². The van der Waals surface area contributed by atoms with Crippen LogP contribution in [0.3, 0.4) is 0 Å². The first-order valence-corrected chi connectivity index (χ1v) is 5.64. The minimum absolute atomic E-state index is 0.129. The van der Waals surface area contributed by atoms with Crippen molar-refractivity contribution in [1.29, 1.82) is 5.26 Å². The van der Waals surface area contributed by atoms with E-state index in [2.05, 4.69) is 0 Å². The number of hydrogen-bond acceptors (Lipinski definition) is 6. The number of nitro groups is 1. The molecule has 0 radical (unpaired) electrons. The Labute approximate surface area is 115 Å². The zero-order chi connectivity index (χ0) is 15.1. The van der Waals surface area contributed by atoms with Gasteiger partial charge < -0.3 is 9.47 Å². The van der Waals surface area contributed by atoms with Crippen molar-refractivity contribution in [3.8, 4) is 11.8 Å². The van der Waals surface area contributed by atoms with E-state index in [0.29, 0.717) is 5.75 Å². The molecule has 0 aliphatic carbocycles. The molecule has 0 saturated carbocycles. The molecule has 0 unspecified atom stereocenters. The predicted molar refractivity (Wildman–Crippen MR) is 69.9 cm³/mol. The third kappa shape index (κ3) is 3.55. The normalized spacial score (nSPS) is 10.6. The Morgan fingerprint density at radius 3 is 2.75 bits per heavy atom. The van der Waals surface area contributed by atoms with Crippen LogP contribution in [0.25, 0.3) is 6.08 Å². The smallest absolute Gasteiger partial charge is 0.348 e. The second-order valence-electron chi connectivity index (χ2n) is 3.57. The summed E-state index contributed by atoms with van der Waals surface area (Å²) in [5.41, 5.74) is -0.171. The lowest BCUT2D eigenvalue weighted by Crippen LogP contribution is -2.06. The second kappa shape index (κ2) is 6.89. The van der Waals surface area contributed by atoms with Crippen LogP contribution in [0.1, 0.15) is 12.5 Å².